The molecule has 0 unspecified atom stereocenters. The molecule has 7 nitrogen and oxygen atoms in total. The highest BCUT2D eigenvalue weighted by Gasteiger charge is 2.53. The average Bonchev–Trinajstić information content (AvgIpc) is 2.78. The van der Waals surface area contributed by atoms with Crippen molar-refractivity contribution >= 4 is 11.9 Å². The van der Waals surface area contributed by atoms with Gasteiger partial charge in [-0.25, -0.2) is 4.79 Å². The number of carboxylic acids is 1. The minimum atomic E-state index is -1.05. The number of ether oxygens (including phenoxy) is 2. The molecule has 2 fully saturated rings. The van der Waals surface area contributed by atoms with Crippen molar-refractivity contribution < 1.29 is 29.3 Å². The number of aromatic hydroxyl groups is 1. The van der Waals surface area contributed by atoms with Crippen LogP contribution in [0.3, 0.4) is 0 Å². The van der Waals surface area contributed by atoms with Crippen LogP contribution in [0.25, 0.3) is 0 Å². The van der Waals surface area contributed by atoms with Crippen LogP contribution in [-0.2, 0) is 4.74 Å². The number of piperidine rings is 1. The molecule has 0 radical (unpaired) electrons. The molecule has 1 amide bonds. The second-order valence-electron chi connectivity index (χ2n) is 9.43. The molecule has 3 aliphatic heterocycles. The van der Waals surface area contributed by atoms with Crippen LogP contribution in [0.5, 0.6) is 11.5 Å². The lowest BCUT2D eigenvalue weighted by atomic mass is 9.72. The van der Waals surface area contributed by atoms with Crippen molar-refractivity contribution in [1.82, 2.24) is 4.90 Å². The zero-order chi connectivity index (χ0) is 22.6. The molecule has 168 valence electrons. The normalized spacial score (nSPS) is 28.0. The molecule has 2 aromatic carbocycles. The molecule has 4 atom stereocenters. The van der Waals surface area contributed by atoms with Crippen molar-refractivity contribution in [2.24, 2.45) is 5.92 Å². The summed E-state index contributed by atoms with van der Waals surface area (Å²) in [6.07, 6.45) is 2.04. The van der Waals surface area contributed by atoms with Crippen molar-refractivity contribution in [3.63, 3.8) is 0 Å². The highest BCUT2D eigenvalue weighted by Crippen LogP contribution is 2.54. The van der Waals surface area contributed by atoms with Crippen LogP contribution in [0.1, 0.15) is 65.5 Å². The standard InChI is InChI=1S/C25H27NO6/c1-25(2)17-13-18-20(31-21(17)16-8-4-9-19(27)22(16)32-25)10-5-11-26(18)23(28)14-6-3-7-15(12-14)24(29)30/h3-4,6-9,12,17-18,20-21,27H,5,10-11,13H2,1-2H3,(H,29,30)/t17-,18-,20-,21+/m0/s1. The summed E-state index contributed by atoms with van der Waals surface area (Å²) in [5.74, 6) is -0.637. The Morgan fingerprint density at radius 1 is 1.12 bits per heavy atom. The van der Waals surface area contributed by atoms with E-state index in [9.17, 15) is 19.8 Å². The molecular weight excluding hydrogens is 410 g/mol. The van der Waals surface area contributed by atoms with Gasteiger partial charge in [-0.15, -0.1) is 0 Å². The lowest BCUT2D eigenvalue weighted by Crippen LogP contribution is -2.60. The van der Waals surface area contributed by atoms with Crippen LogP contribution in [0.15, 0.2) is 42.5 Å². The number of hydrogen-bond donors (Lipinski definition) is 2. The van der Waals surface area contributed by atoms with Gasteiger partial charge in [-0.1, -0.05) is 18.2 Å². The van der Waals surface area contributed by atoms with Gasteiger partial charge < -0.3 is 24.6 Å². The highest BCUT2D eigenvalue weighted by atomic mass is 16.5. The third-order valence-electron chi connectivity index (χ3n) is 7.11. The maximum absolute atomic E-state index is 13.4. The third kappa shape index (κ3) is 3.32. The Morgan fingerprint density at radius 3 is 2.66 bits per heavy atom. The Morgan fingerprint density at radius 2 is 1.88 bits per heavy atom. The summed E-state index contributed by atoms with van der Waals surface area (Å²) in [5.41, 5.74) is 0.742. The number of benzene rings is 2. The SMILES string of the molecule is CC1(C)Oc2c(O)cccc2[C@H]2O[C@H]3CCCN(C(=O)c4cccc(C(=O)O)c4)[C@H]3C[C@@H]21. The van der Waals surface area contributed by atoms with Gasteiger partial charge in [0.25, 0.3) is 5.91 Å². The van der Waals surface area contributed by atoms with E-state index >= 15 is 0 Å². The number of para-hydroxylation sites is 1. The molecule has 3 aliphatic rings. The summed E-state index contributed by atoms with van der Waals surface area (Å²) in [7, 11) is 0. The van der Waals surface area contributed by atoms with Crippen molar-refractivity contribution in [2.45, 2.75) is 57.0 Å². The van der Waals surface area contributed by atoms with Gasteiger partial charge in [0, 0.05) is 23.6 Å². The number of carboxylic acid groups (broad SMARTS) is 1. The Bertz CT molecular complexity index is 1080. The van der Waals surface area contributed by atoms with Crippen molar-refractivity contribution in [1.29, 1.82) is 0 Å². The predicted molar refractivity (Wildman–Crippen MR) is 116 cm³/mol. The molecule has 3 heterocycles. The van der Waals surface area contributed by atoms with Gasteiger partial charge >= 0.3 is 5.97 Å². The van der Waals surface area contributed by atoms with Crippen LogP contribution >= 0.6 is 0 Å². The van der Waals surface area contributed by atoms with E-state index in [1.165, 1.54) is 12.1 Å². The summed E-state index contributed by atoms with van der Waals surface area (Å²) in [5, 5.41) is 19.6. The van der Waals surface area contributed by atoms with E-state index in [2.05, 4.69) is 0 Å². The number of phenolic OH excluding ortho intramolecular Hbond substituents is 1. The Hall–Kier alpha value is -3.06. The van der Waals surface area contributed by atoms with Crippen LogP contribution in [0, 0.1) is 5.92 Å². The van der Waals surface area contributed by atoms with Gasteiger partial charge in [-0.3, -0.25) is 4.79 Å². The van der Waals surface area contributed by atoms with Gasteiger partial charge in [0.1, 0.15) is 5.60 Å². The molecule has 5 rings (SSSR count). The first-order valence-corrected chi connectivity index (χ1v) is 11.1. The van der Waals surface area contributed by atoms with Crippen LogP contribution in [-0.4, -0.2) is 51.3 Å². The summed E-state index contributed by atoms with van der Waals surface area (Å²) in [6.45, 7) is 4.60. The van der Waals surface area contributed by atoms with E-state index in [1.54, 1.807) is 24.3 Å². The van der Waals surface area contributed by atoms with Gasteiger partial charge in [-0.2, -0.15) is 0 Å². The number of carbonyl (C=O) groups is 2. The molecule has 0 aromatic heterocycles. The maximum Gasteiger partial charge on any atom is 0.335 e. The van der Waals surface area contributed by atoms with E-state index < -0.39 is 11.6 Å². The first-order chi connectivity index (χ1) is 15.3. The van der Waals surface area contributed by atoms with Crippen LogP contribution in [0.4, 0.5) is 0 Å². The number of rotatable bonds is 2. The summed E-state index contributed by atoms with van der Waals surface area (Å²) in [6, 6.07) is 11.4. The number of likely N-dealkylation sites (tertiary alicyclic amines) is 1. The fraction of sp³-hybridized carbons (Fsp3) is 0.440. The zero-order valence-corrected chi connectivity index (χ0v) is 18.2. The largest absolute Gasteiger partial charge is 0.504 e. The van der Waals surface area contributed by atoms with Gasteiger partial charge in [0.15, 0.2) is 11.5 Å². The average molecular weight is 437 g/mol. The molecule has 2 saturated heterocycles. The maximum atomic E-state index is 13.4. The molecule has 2 N–H and O–H groups in total. The van der Waals surface area contributed by atoms with Crippen LogP contribution in [0.2, 0.25) is 0 Å². The molecule has 0 bridgehead atoms. The van der Waals surface area contributed by atoms with Crippen LogP contribution < -0.4 is 4.74 Å². The molecule has 0 saturated carbocycles. The zero-order valence-electron chi connectivity index (χ0n) is 18.2. The van der Waals surface area contributed by atoms with Crippen molar-refractivity contribution in [3.05, 3.63) is 59.2 Å². The van der Waals surface area contributed by atoms with E-state index in [0.717, 1.165) is 18.4 Å². The number of nitrogens with zero attached hydrogens (tertiary/aromatic N) is 1. The summed E-state index contributed by atoms with van der Waals surface area (Å²) in [4.78, 5) is 26.6. The lowest BCUT2D eigenvalue weighted by Gasteiger charge is -2.54. The van der Waals surface area contributed by atoms with E-state index in [1.807, 2.05) is 24.8 Å². The van der Waals surface area contributed by atoms with E-state index in [-0.39, 0.29) is 41.4 Å². The number of hydrogen-bond acceptors (Lipinski definition) is 5. The molecular formula is C25H27NO6. The molecule has 0 spiro atoms. The molecule has 32 heavy (non-hydrogen) atoms. The number of aromatic carboxylic acids is 1. The third-order valence-corrected chi connectivity index (χ3v) is 7.11. The molecule has 0 aliphatic carbocycles. The first kappa shape index (κ1) is 20.8. The lowest BCUT2D eigenvalue weighted by molar-refractivity contribution is -0.184. The minimum absolute atomic E-state index is 0.00296. The number of amides is 1. The first-order valence-electron chi connectivity index (χ1n) is 11.1. The quantitative estimate of drug-likeness (QED) is 0.737. The Balaban J connectivity index is 1.46. The Labute approximate surface area is 186 Å². The Kier molecular flexibility index (Phi) is 4.89. The molecule has 2 aromatic rings. The molecule has 7 heteroatoms. The van der Waals surface area contributed by atoms with Gasteiger partial charge in [0.05, 0.1) is 23.8 Å². The fourth-order valence-corrected chi connectivity index (χ4v) is 5.48. The van der Waals surface area contributed by atoms with E-state index in [4.69, 9.17) is 9.47 Å². The number of phenols is 1. The summed E-state index contributed by atoms with van der Waals surface area (Å²) >= 11 is 0. The second-order valence-corrected chi connectivity index (χ2v) is 9.43. The number of fused-ring (bicyclic) bond motifs is 4. The smallest absolute Gasteiger partial charge is 0.335 e. The highest BCUT2D eigenvalue weighted by molar-refractivity contribution is 5.97. The second kappa shape index (κ2) is 7.52. The monoisotopic (exact) mass is 437 g/mol. The number of carbonyl (C=O) groups excluding carboxylic acids is 1. The van der Waals surface area contributed by atoms with Crippen molar-refractivity contribution in [3.8, 4) is 11.5 Å². The topological polar surface area (TPSA) is 96.3 Å². The van der Waals surface area contributed by atoms with Gasteiger partial charge in [0.2, 0.25) is 0 Å². The van der Waals surface area contributed by atoms with Crippen molar-refractivity contribution in [2.75, 3.05) is 6.54 Å². The fourth-order valence-electron chi connectivity index (χ4n) is 5.48. The minimum Gasteiger partial charge on any atom is -0.504 e. The van der Waals surface area contributed by atoms with E-state index in [0.29, 0.717) is 24.3 Å². The van der Waals surface area contributed by atoms with Gasteiger partial charge in [-0.05, 0) is 57.4 Å². The predicted octanol–water partition coefficient (Wildman–Crippen LogP) is 4.01. The summed E-state index contributed by atoms with van der Waals surface area (Å²) < 4.78 is 12.8.